The second-order valence-electron chi connectivity index (χ2n) is 6.29. The van der Waals surface area contributed by atoms with Gasteiger partial charge in [-0.15, -0.1) is 0 Å². The van der Waals surface area contributed by atoms with Crippen molar-refractivity contribution in [1.82, 2.24) is 0 Å². The van der Waals surface area contributed by atoms with E-state index < -0.39 is 0 Å². The van der Waals surface area contributed by atoms with Gasteiger partial charge in [0.05, 0.1) is 5.16 Å². The molecule has 0 spiro atoms. The lowest BCUT2D eigenvalue weighted by Gasteiger charge is -2.30. The molecule has 0 fully saturated rings. The van der Waals surface area contributed by atoms with Gasteiger partial charge in [0.1, 0.15) is 0 Å². The van der Waals surface area contributed by atoms with E-state index in [4.69, 9.17) is 0 Å². The zero-order valence-electron chi connectivity index (χ0n) is 11.1. The third-order valence-electron chi connectivity index (χ3n) is 2.52. The van der Waals surface area contributed by atoms with Gasteiger partial charge in [-0.2, -0.15) is 0 Å². The van der Waals surface area contributed by atoms with Gasteiger partial charge < -0.3 is 0 Å². The van der Waals surface area contributed by atoms with Crippen LogP contribution in [-0.4, -0.2) is 5.16 Å². The Bertz CT molecular complexity index is 121. The molecule has 0 aromatic heterocycles. The second-order valence-corrected chi connectivity index (χ2v) is 7.79. The monoisotopic (exact) mass is 217 g/mol. The summed E-state index contributed by atoms with van der Waals surface area (Å²) in [5.74, 6) is 2.51. The first kappa shape index (κ1) is 14.4. The Balaban J connectivity index is 4.32. The molecule has 0 saturated carbocycles. The molecule has 0 rings (SSSR count). The molecule has 0 aromatic rings. The van der Waals surface area contributed by atoms with Gasteiger partial charge in [0.2, 0.25) is 0 Å². The van der Waals surface area contributed by atoms with Gasteiger partial charge in [-0.1, -0.05) is 41.5 Å². The molecule has 1 unspecified atom stereocenters. The molecule has 0 heterocycles. The molecule has 1 atom stereocenters. The van der Waals surface area contributed by atoms with Crippen molar-refractivity contribution >= 4 is 9.24 Å². The van der Waals surface area contributed by atoms with Crippen LogP contribution >= 0.6 is 9.24 Å². The van der Waals surface area contributed by atoms with E-state index in [1.165, 1.54) is 19.3 Å². The predicted octanol–water partition coefficient (Wildman–Crippen LogP) is 4.47. The maximum Gasteiger partial charge on any atom is 0.0739 e. The summed E-state index contributed by atoms with van der Waals surface area (Å²) in [7, 11) is 2.26. The van der Waals surface area contributed by atoms with Gasteiger partial charge in [-0.3, -0.25) is 0 Å². The van der Waals surface area contributed by atoms with Crippen LogP contribution in [0.25, 0.3) is 0 Å². The van der Waals surface area contributed by atoms with E-state index in [-0.39, 0.29) is 0 Å². The van der Waals surface area contributed by atoms with Gasteiger partial charge in [-0.05, 0) is 46.3 Å². The molecule has 14 heavy (non-hydrogen) atoms. The minimum Gasteiger partial charge on any atom is -0.0626 e. The van der Waals surface area contributed by atoms with E-state index in [0.717, 1.165) is 17.8 Å². The van der Waals surface area contributed by atoms with Crippen molar-refractivity contribution in [2.75, 3.05) is 0 Å². The van der Waals surface area contributed by atoms with Crippen LogP contribution in [0.3, 0.4) is 0 Å². The van der Waals surface area contributed by atoms with Crippen LogP contribution < -0.4 is 0 Å². The van der Waals surface area contributed by atoms with E-state index in [0.29, 0.717) is 5.16 Å². The lowest BCUT2D eigenvalue weighted by molar-refractivity contribution is 0.329. The highest BCUT2D eigenvalue weighted by Crippen LogP contribution is 2.39. The topological polar surface area (TPSA) is 0 Å². The van der Waals surface area contributed by atoms with E-state index in [1.807, 2.05) is 0 Å². The maximum absolute atomic E-state index is 2.35. The van der Waals surface area contributed by atoms with Crippen molar-refractivity contribution in [2.24, 2.45) is 17.8 Å². The highest BCUT2D eigenvalue weighted by Gasteiger charge is 2.32. The first-order chi connectivity index (χ1) is 6.25. The molecular formula is C13H30P+. The van der Waals surface area contributed by atoms with E-state index in [1.54, 1.807) is 0 Å². The summed E-state index contributed by atoms with van der Waals surface area (Å²) in [6, 6.07) is 0. The van der Waals surface area contributed by atoms with E-state index >= 15 is 0 Å². The van der Waals surface area contributed by atoms with E-state index in [9.17, 15) is 0 Å². The highest BCUT2D eigenvalue weighted by molar-refractivity contribution is 7.19. The fourth-order valence-corrected chi connectivity index (χ4v) is 4.58. The Morgan fingerprint density at radius 3 is 1.07 bits per heavy atom. The minimum absolute atomic E-state index is 0.594. The smallest absolute Gasteiger partial charge is 0.0626 e. The second kappa shape index (κ2) is 6.11. The van der Waals surface area contributed by atoms with E-state index in [2.05, 4.69) is 50.8 Å². The maximum atomic E-state index is 2.35. The standard InChI is InChI=1S/C13H29P/c1-10(2)7-13(14,8-11(3)4)9-12(5)6/h10-12H,7-9,14H2,1-6H3/p+1. The molecule has 86 valence electrons. The molecule has 0 amide bonds. The summed E-state index contributed by atoms with van der Waals surface area (Å²) in [5, 5.41) is 0.594. The fourth-order valence-electron chi connectivity index (χ4n) is 2.85. The molecule has 0 saturated heterocycles. The van der Waals surface area contributed by atoms with Gasteiger partial charge in [0.25, 0.3) is 0 Å². The first-order valence-electron chi connectivity index (χ1n) is 6.10. The van der Waals surface area contributed by atoms with Crippen molar-refractivity contribution in [1.29, 1.82) is 0 Å². The molecule has 0 bridgehead atoms. The summed E-state index contributed by atoms with van der Waals surface area (Å²) < 4.78 is 0. The average Bonchev–Trinajstić information content (AvgIpc) is 1.76. The van der Waals surface area contributed by atoms with Gasteiger partial charge in [0.15, 0.2) is 0 Å². The average molecular weight is 217 g/mol. The Hall–Kier alpha value is 0.430. The van der Waals surface area contributed by atoms with Crippen LogP contribution in [0, 0.1) is 17.8 Å². The number of hydrogen-bond acceptors (Lipinski definition) is 0. The summed E-state index contributed by atoms with van der Waals surface area (Å²) in [6.07, 6.45) is 4.17. The van der Waals surface area contributed by atoms with Gasteiger partial charge in [-0.25, -0.2) is 0 Å². The van der Waals surface area contributed by atoms with Crippen LogP contribution in [0.5, 0.6) is 0 Å². The molecule has 0 aliphatic carbocycles. The largest absolute Gasteiger partial charge is 0.0739 e. The number of hydrogen-bond donors (Lipinski definition) is 0. The molecule has 0 N–H and O–H groups in total. The van der Waals surface area contributed by atoms with Crippen molar-refractivity contribution in [3.8, 4) is 0 Å². The first-order valence-corrected chi connectivity index (χ1v) is 6.81. The van der Waals surface area contributed by atoms with Crippen molar-refractivity contribution in [3.05, 3.63) is 0 Å². The Morgan fingerprint density at radius 1 is 0.714 bits per heavy atom. The summed E-state index contributed by atoms with van der Waals surface area (Å²) in [5.41, 5.74) is 0. The van der Waals surface area contributed by atoms with Crippen LogP contribution in [-0.2, 0) is 0 Å². The van der Waals surface area contributed by atoms with Crippen molar-refractivity contribution < 1.29 is 0 Å². The fraction of sp³-hybridized carbons (Fsp3) is 1.00. The zero-order valence-corrected chi connectivity index (χ0v) is 12.5. The SMILES string of the molecule is CC(C)CC([PH3+])(CC(C)C)CC(C)C. The Kier molecular flexibility index (Phi) is 6.30. The summed E-state index contributed by atoms with van der Waals surface area (Å²) >= 11 is 0. The van der Waals surface area contributed by atoms with Crippen LogP contribution in [0.4, 0.5) is 0 Å². The molecule has 0 aliphatic rings. The Labute approximate surface area is 93.4 Å². The lowest BCUT2D eigenvalue weighted by atomic mass is 9.83. The predicted molar refractivity (Wildman–Crippen MR) is 72.2 cm³/mol. The third kappa shape index (κ3) is 6.82. The summed E-state index contributed by atoms with van der Waals surface area (Å²) in [6.45, 7) is 14.1. The zero-order chi connectivity index (χ0) is 11.4. The normalized spacial score (nSPS) is 13.5. The molecular weight excluding hydrogens is 187 g/mol. The highest BCUT2D eigenvalue weighted by atomic mass is 31.0. The van der Waals surface area contributed by atoms with Crippen LogP contribution in [0.15, 0.2) is 0 Å². The Morgan fingerprint density at radius 2 is 0.929 bits per heavy atom. The van der Waals surface area contributed by atoms with Crippen molar-refractivity contribution in [3.63, 3.8) is 0 Å². The molecule has 0 radical (unpaired) electrons. The lowest BCUT2D eigenvalue weighted by Crippen LogP contribution is -2.27. The molecule has 0 nitrogen and oxygen atoms in total. The molecule has 0 aromatic carbocycles. The van der Waals surface area contributed by atoms with Crippen LogP contribution in [0.1, 0.15) is 60.8 Å². The van der Waals surface area contributed by atoms with Crippen molar-refractivity contribution in [2.45, 2.75) is 66.0 Å². The molecule has 1 heteroatoms. The van der Waals surface area contributed by atoms with Crippen LogP contribution in [0.2, 0.25) is 0 Å². The molecule has 0 aliphatic heterocycles. The quantitative estimate of drug-likeness (QED) is 0.576. The minimum atomic E-state index is 0.594. The summed E-state index contributed by atoms with van der Waals surface area (Å²) in [4.78, 5) is 0. The third-order valence-corrected chi connectivity index (χ3v) is 3.39. The number of rotatable bonds is 6. The van der Waals surface area contributed by atoms with Gasteiger partial charge >= 0.3 is 0 Å². The van der Waals surface area contributed by atoms with Gasteiger partial charge in [0, 0.05) is 0 Å².